The van der Waals surface area contributed by atoms with E-state index in [0.717, 1.165) is 51.5 Å². The quantitative estimate of drug-likeness (QED) is 0.325. The van der Waals surface area contributed by atoms with Gasteiger partial charge in [-0.1, -0.05) is 52.0 Å². The number of unbranched alkanes of at least 4 members (excludes halogenated alkanes) is 5. The Morgan fingerprint density at radius 2 is 1.88 bits per heavy atom. The van der Waals surface area contributed by atoms with Crippen LogP contribution in [0.25, 0.3) is 0 Å². The van der Waals surface area contributed by atoms with Crippen LogP contribution in [0.15, 0.2) is 18.2 Å². The van der Waals surface area contributed by atoms with Crippen molar-refractivity contribution in [3.8, 4) is 5.75 Å². The van der Waals surface area contributed by atoms with Crippen molar-refractivity contribution >= 4 is 5.91 Å². The van der Waals surface area contributed by atoms with Crippen LogP contribution in [-0.4, -0.2) is 28.8 Å². The highest BCUT2D eigenvalue weighted by molar-refractivity contribution is 5.75. The maximum absolute atomic E-state index is 11.9. The van der Waals surface area contributed by atoms with Crippen LogP contribution in [0.4, 0.5) is 0 Å². The van der Waals surface area contributed by atoms with Gasteiger partial charge >= 0.3 is 0 Å². The molecule has 1 aromatic carbocycles. The fourth-order valence-corrected chi connectivity index (χ4v) is 7.75. The number of hydrogen-bond donors (Lipinski definition) is 3. The van der Waals surface area contributed by atoms with E-state index in [9.17, 15) is 15.0 Å². The number of carbonyl (C=O) groups is 1. The summed E-state index contributed by atoms with van der Waals surface area (Å²) in [5.41, 5.74) is 2.92. The molecule has 4 nitrogen and oxygen atoms in total. The molecule has 3 N–H and O–H groups in total. The van der Waals surface area contributed by atoms with Crippen molar-refractivity contribution in [1.29, 1.82) is 0 Å². The average Bonchev–Trinajstić information content (AvgIpc) is 3.12. The molecule has 3 aliphatic carbocycles. The van der Waals surface area contributed by atoms with Crippen molar-refractivity contribution in [2.75, 3.05) is 6.54 Å². The van der Waals surface area contributed by atoms with Gasteiger partial charge in [0.15, 0.2) is 0 Å². The zero-order chi connectivity index (χ0) is 24.1. The molecule has 3 aliphatic rings. The van der Waals surface area contributed by atoms with Gasteiger partial charge in [-0.15, -0.1) is 0 Å². The number of amides is 1. The number of fused-ring (bicyclic) bond motifs is 5. The normalized spacial score (nSPS) is 32.0. The Hall–Kier alpha value is -1.55. The number of aliphatic hydroxyl groups is 1. The molecule has 0 heterocycles. The smallest absolute Gasteiger partial charge is 0.219 e. The summed E-state index contributed by atoms with van der Waals surface area (Å²) in [6, 6.07) is 6.07. The van der Waals surface area contributed by atoms with Crippen LogP contribution in [-0.2, 0) is 11.2 Å². The molecule has 0 aliphatic heterocycles. The summed E-state index contributed by atoms with van der Waals surface area (Å²) in [5, 5.41) is 24.0. The summed E-state index contributed by atoms with van der Waals surface area (Å²) in [7, 11) is 0. The number of hydrogen-bond acceptors (Lipinski definition) is 3. The summed E-state index contributed by atoms with van der Waals surface area (Å²) in [6.45, 7) is 5.32. The number of carbonyl (C=O) groups excluding carboxylic acids is 1. The van der Waals surface area contributed by atoms with E-state index in [2.05, 4.69) is 25.2 Å². The molecule has 4 heteroatoms. The Morgan fingerprint density at radius 1 is 1.09 bits per heavy atom. The highest BCUT2D eigenvalue weighted by Crippen LogP contribution is 2.62. The van der Waals surface area contributed by atoms with Gasteiger partial charge in [-0.2, -0.15) is 0 Å². The highest BCUT2D eigenvalue weighted by Gasteiger charge is 2.56. The molecule has 6 atom stereocenters. The van der Waals surface area contributed by atoms with Crippen LogP contribution >= 0.6 is 0 Å². The number of rotatable bonds is 11. The summed E-state index contributed by atoms with van der Waals surface area (Å²) >= 11 is 0. The van der Waals surface area contributed by atoms with Gasteiger partial charge in [-0.3, -0.25) is 4.79 Å². The van der Waals surface area contributed by atoms with Gasteiger partial charge in [0, 0.05) is 13.0 Å². The molecule has 4 rings (SSSR count). The van der Waals surface area contributed by atoms with Crippen LogP contribution in [0.3, 0.4) is 0 Å². The molecule has 2 saturated carbocycles. The van der Waals surface area contributed by atoms with Gasteiger partial charge < -0.3 is 15.5 Å². The van der Waals surface area contributed by atoms with E-state index in [1.54, 1.807) is 0 Å². The Kier molecular flexibility index (Phi) is 8.61. The third-order valence-corrected chi connectivity index (χ3v) is 9.67. The van der Waals surface area contributed by atoms with Gasteiger partial charge in [0.25, 0.3) is 0 Å². The Labute approximate surface area is 206 Å². The molecule has 1 aromatic rings. The first kappa shape index (κ1) is 25.5. The monoisotopic (exact) mass is 469 g/mol. The van der Waals surface area contributed by atoms with Gasteiger partial charge in [-0.25, -0.2) is 0 Å². The van der Waals surface area contributed by atoms with E-state index in [1.807, 2.05) is 12.1 Å². The van der Waals surface area contributed by atoms with Crippen molar-refractivity contribution in [2.45, 2.75) is 116 Å². The SMILES string of the molecule is CCCCNC(=O)CCCCCCC[C@@H]1Cc2cc(O)ccc2[C@H]2CC[C@]3(C)[C@@H](O)CC[C@H]3[C@H]12. The topological polar surface area (TPSA) is 69.6 Å². The zero-order valence-corrected chi connectivity index (χ0v) is 21.5. The standard InChI is InChI=1S/C30H47NO3/c1-3-4-18-31-28(34)11-9-7-5-6-8-10-21-19-22-20-23(32)12-13-24(22)25-16-17-30(2)26(29(21)25)14-15-27(30)33/h12-13,20-21,25-27,29,32-33H,3-11,14-19H2,1-2H3,(H,31,34)/t21-,25-,26+,27+,29-,30+/m1/s1. The van der Waals surface area contributed by atoms with Crippen molar-refractivity contribution < 1.29 is 15.0 Å². The lowest BCUT2D eigenvalue weighted by Gasteiger charge is -2.53. The third-order valence-electron chi connectivity index (χ3n) is 9.67. The molecule has 190 valence electrons. The van der Waals surface area contributed by atoms with Crippen LogP contribution in [0.5, 0.6) is 5.75 Å². The Bertz CT molecular complexity index is 823. The summed E-state index contributed by atoms with van der Waals surface area (Å²) in [6.07, 6.45) is 15.3. The molecule has 0 radical (unpaired) electrons. The lowest BCUT2D eigenvalue weighted by molar-refractivity contribution is -0.121. The Morgan fingerprint density at radius 3 is 2.71 bits per heavy atom. The predicted octanol–water partition coefficient (Wildman–Crippen LogP) is 6.48. The molecule has 0 unspecified atom stereocenters. The van der Waals surface area contributed by atoms with Gasteiger partial charge in [-0.05, 0) is 104 Å². The van der Waals surface area contributed by atoms with E-state index in [1.165, 1.54) is 49.7 Å². The minimum absolute atomic E-state index is 0.0888. The first-order valence-electron chi connectivity index (χ1n) is 14.2. The molecular formula is C30H47NO3. The van der Waals surface area contributed by atoms with Crippen LogP contribution in [0.1, 0.15) is 114 Å². The van der Waals surface area contributed by atoms with Crippen LogP contribution in [0.2, 0.25) is 0 Å². The molecule has 1 amide bonds. The largest absolute Gasteiger partial charge is 0.508 e. The third kappa shape index (κ3) is 5.48. The van der Waals surface area contributed by atoms with E-state index < -0.39 is 0 Å². The number of phenolic OH excluding ortho intramolecular Hbond substituents is 1. The molecule has 2 fully saturated rings. The van der Waals surface area contributed by atoms with Gasteiger partial charge in [0.1, 0.15) is 5.75 Å². The van der Waals surface area contributed by atoms with Crippen molar-refractivity contribution in [3.05, 3.63) is 29.3 Å². The lowest BCUT2D eigenvalue weighted by atomic mass is 9.52. The summed E-state index contributed by atoms with van der Waals surface area (Å²) in [4.78, 5) is 11.9. The second kappa shape index (κ2) is 11.5. The molecule has 34 heavy (non-hydrogen) atoms. The first-order valence-corrected chi connectivity index (χ1v) is 14.2. The number of phenols is 1. The minimum Gasteiger partial charge on any atom is -0.508 e. The fourth-order valence-electron chi connectivity index (χ4n) is 7.75. The zero-order valence-electron chi connectivity index (χ0n) is 21.5. The summed E-state index contributed by atoms with van der Waals surface area (Å²) in [5.74, 6) is 3.14. The van der Waals surface area contributed by atoms with Crippen molar-refractivity contribution in [2.24, 2.45) is 23.2 Å². The second-order valence-corrected chi connectivity index (χ2v) is 11.8. The van der Waals surface area contributed by atoms with E-state index in [0.29, 0.717) is 35.8 Å². The second-order valence-electron chi connectivity index (χ2n) is 11.8. The maximum atomic E-state index is 11.9. The number of aliphatic hydroxyl groups excluding tert-OH is 1. The first-order chi connectivity index (χ1) is 16.4. The van der Waals surface area contributed by atoms with E-state index >= 15 is 0 Å². The number of benzene rings is 1. The minimum atomic E-state index is -0.139. The van der Waals surface area contributed by atoms with Gasteiger partial charge in [0.05, 0.1) is 6.10 Å². The molecule has 0 aromatic heterocycles. The number of nitrogens with one attached hydrogen (secondary N) is 1. The molecule has 0 bridgehead atoms. The average molecular weight is 470 g/mol. The highest BCUT2D eigenvalue weighted by atomic mass is 16.3. The van der Waals surface area contributed by atoms with Gasteiger partial charge in [0.2, 0.25) is 5.91 Å². The van der Waals surface area contributed by atoms with Crippen molar-refractivity contribution in [3.63, 3.8) is 0 Å². The maximum Gasteiger partial charge on any atom is 0.219 e. The number of aromatic hydroxyl groups is 1. The van der Waals surface area contributed by atoms with Crippen LogP contribution < -0.4 is 5.32 Å². The Balaban J connectivity index is 1.30. The summed E-state index contributed by atoms with van der Waals surface area (Å²) < 4.78 is 0. The fraction of sp³-hybridized carbons (Fsp3) is 0.767. The molecule has 0 spiro atoms. The van der Waals surface area contributed by atoms with E-state index in [4.69, 9.17) is 0 Å². The van der Waals surface area contributed by atoms with Crippen LogP contribution in [0, 0.1) is 23.2 Å². The molecule has 0 saturated heterocycles. The van der Waals surface area contributed by atoms with E-state index in [-0.39, 0.29) is 17.4 Å². The van der Waals surface area contributed by atoms with Crippen molar-refractivity contribution in [1.82, 2.24) is 5.32 Å². The predicted molar refractivity (Wildman–Crippen MR) is 138 cm³/mol. The lowest BCUT2D eigenvalue weighted by Crippen LogP contribution is -2.47. The molecular weight excluding hydrogens is 422 g/mol.